The third-order valence-electron chi connectivity index (χ3n) is 0.577. The second kappa shape index (κ2) is 1.08. The van der Waals surface area contributed by atoms with Gasteiger partial charge >= 0.3 is 0 Å². The Morgan fingerprint density at radius 2 is 2.00 bits per heavy atom. The van der Waals surface area contributed by atoms with Gasteiger partial charge in [-0.3, -0.25) is 0 Å². The SMILES string of the molecule is [B]1CCP1. The minimum atomic E-state index is 1.20. The molecule has 1 aliphatic rings. The van der Waals surface area contributed by atoms with Gasteiger partial charge in [-0.1, -0.05) is 12.5 Å². The van der Waals surface area contributed by atoms with Crippen molar-refractivity contribution in [1.29, 1.82) is 0 Å². The first kappa shape index (κ1) is 2.72. The molecular weight excluding hydrogens is 65.8 g/mol. The molecule has 0 nitrogen and oxygen atoms in total. The Morgan fingerprint density at radius 3 is 2.00 bits per heavy atom. The van der Waals surface area contributed by atoms with Crippen LogP contribution >= 0.6 is 8.46 Å². The van der Waals surface area contributed by atoms with E-state index in [0.717, 1.165) is 0 Å². The van der Waals surface area contributed by atoms with E-state index in [1.807, 2.05) is 0 Å². The molecule has 1 rings (SSSR count). The fraction of sp³-hybridized carbons (Fsp3) is 1.00. The van der Waals surface area contributed by atoms with E-state index in [9.17, 15) is 0 Å². The maximum Gasteiger partial charge on any atom is 0.142 e. The molecule has 1 aliphatic heterocycles. The summed E-state index contributed by atoms with van der Waals surface area (Å²) < 4.78 is 0. The van der Waals surface area contributed by atoms with Crippen molar-refractivity contribution in [3.8, 4) is 0 Å². The van der Waals surface area contributed by atoms with Gasteiger partial charge in [0.25, 0.3) is 0 Å². The summed E-state index contributed by atoms with van der Waals surface area (Å²) in [7, 11) is 1.20. The first-order valence-electron chi connectivity index (χ1n) is 1.55. The topological polar surface area (TPSA) is 0 Å². The van der Waals surface area contributed by atoms with Crippen molar-refractivity contribution in [2.45, 2.75) is 6.32 Å². The van der Waals surface area contributed by atoms with Gasteiger partial charge in [0.1, 0.15) is 7.00 Å². The van der Waals surface area contributed by atoms with Crippen molar-refractivity contribution in [2.75, 3.05) is 6.16 Å². The molecular formula is C2H5BP. The minimum absolute atomic E-state index is 1.20. The van der Waals surface area contributed by atoms with Crippen molar-refractivity contribution >= 4 is 15.5 Å². The van der Waals surface area contributed by atoms with Gasteiger partial charge in [0, 0.05) is 0 Å². The molecule has 0 bridgehead atoms. The van der Waals surface area contributed by atoms with E-state index < -0.39 is 0 Å². The van der Waals surface area contributed by atoms with Crippen LogP contribution in [-0.4, -0.2) is 13.2 Å². The third-order valence-corrected chi connectivity index (χ3v) is 1.73. The van der Waals surface area contributed by atoms with E-state index in [0.29, 0.717) is 0 Å². The lowest BCUT2D eigenvalue weighted by Crippen LogP contribution is -1.94. The normalized spacial score (nSPS) is 28.0. The zero-order chi connectivity index (χ0) is 2.83. The fourth-order valence-electron chi connectivity index (χ4n) is 0.144. The Kier molecular flexibility index (Phi) is 0.731. The highest BCUT2D eigenvalue weighted by molar-refractivity contribution is 7.74. The molecule has 1 fully saturated rings. The maximum atomic E-state index is 2.33. The Hall–Kier alpha value is 0.495. The van der Waals surface area contributed by atoms with Crippen molar-refractivity contribution in [3.05, 3.63) is 0 Å². The number of hydrogen-bond donors (Lipinski definition) is 0. The standard InChI is InChI=1S/C2H5BP/c1-2-4-3-1/h4H,1-2H2. The second-order valence-corrected chi connectivity index (χ2v) is 2.26. The van der Waals surface area contributed by atoms with Crippen LogP contribution in [-0.2, 0) is 0 Å². The highest BCUT2D eigenvalue weighted by Crippen LogP contribution is 2.21. The van der Waals surface area contributed by atoms with Crippen LogP contribution in [0.4, 0.5) is 0 Å². The lowest BCUT2D eigenvalue weighted by atomic mass is 10.0. The highest BCUT2D eigenvalue weighted by Gasteiger charge is 1.97. The quantitative estimate of drug-likeness (QED) is 0.291. The van der Waals surface area contributed by atoms with E-state index in [4.69, 9.17) is 0 Å². The minimum Gasteiger partial charge on any atom is -0.164 e. The summed E-state index contributed by atoms with van der Waals surface area (Å²) in [4.78, 5) is 0. The molecule has 2 heteroatoms. The van der Waals surface area contributed by atoms with Crippen LogP contribution in [0.15, 0.2) is 0 Å². The molecule has 0 saturated carbocycles. The Balaban J connectivity index is 2.00. The predicted octanol–water partition coefficient (Wildman–Crippen LogP) is 0.716. The van der Waals surface area contributed by atoms with Crippen LogP contribution in [0.3, 0.4) is 0 Å². The highest BCUT2D eigenvalue weighted by atomic mass is 31.1. The first-order valence-corrected chi connectivity index (χ1v) is 2.83. The summed E-state index contributed by atoms with van der Waals surface area (Å²) >= 11 is 0. The summed E-state index contributed by atoms with van der Waals surface area (Å²) in [6, 6.07) is 0. The molecule has 1 heterocycles. The Labute approximate surface area is 29.0 Å². The first-order chi connectivity index (χ1) is 2.00. The molecule has 0 aromatic heterocycles. The average molecular weight is 70.8 g/mol. The average Bonchev–Trinajstić information content (AvgIpc) is 0.722. The monoisotopic (exact) mass is 71.0 g/mol. The maximum absolute atomic E-state index is 2.33. The van der Waals surface area contributed by atoms with E-state index in [2.05, 4.69) is 7.00 Å². The molecule has 1 saturated heterocycles. The molecule has 4 heavy (non-hydrogen) atoms. The lowest BCUT2D eigenvalue weighted by Gasteiger charge is -2.04. The second-order valence-electron chi connectivity index (χ2n) is 0.947. The smallest absolute Gasteiger partial charge is 0.142 e. The van der Waals surface area contributed by atoms with Gasteiger partial charge in [0.2, 0.25) is 0 Å². The number of rotatable bonds is 0. The fourth-order valence-corrected chi connectivity index (χ4v) is 0.433. The Morgan fingerprint density at radius 1 is 1.75 bits per heavy atom. The summed E-state index contributed by atoms with van der Waals surface area (Å²) in [5, 5.41) is 0. The van der Waals surface area contributed by atoms with Gasteiger partial charge in [-0.15, -0.1) is 0 Å². The zero-order valence-electron chi connectivity index (χ0n) is 2.49. The molecule has 0 N–H and O–H groups in total. The van der Waals surface area contributed by atoms with Crippen LogP contribution in [0, 0.1) is 0 Å². The van der Waals surface area contributed by atoms with Gasteiger partial charge in [-0.2, -0.15) is 8.46 Å². The zero-order valence-corrected chi connectivity index (χ0v) is 3.49. The third kappa shape index (κ3) is 0.276. The predicted molar refractivity (Wildman–Crippen MR) is 23.7 cm³/mol. The van der Waals surface area contributed by atoms with Gasteiger partial charge in [-0.05, 0) is 0 Å². The van der Waals surface area contributed by atoms with E-state index >= 15 is 0 Å². The van der Waals surface area contributed by atoms with Crippen molar-refractivity contribution in [1.82, 2.24) is 0 Å². The molecule has 0 aromatic rings. The van der Waals surface area contributed by atoms with Gasteiger partial charge in [0.15, 0.2) is 0 Å². The van der Waals surface area contributed by atoms with Crippen LogP contribution in [0.5, 0.6) is 0 Å². The van der Waals surface area contributed by atoms with Gasteiger partial charge in [0.05, 0.1) is 0 Å². The summed E-state index contributed by atoms with van der Waals surface area (Å²) in [6.07, 6.45) is 2.86. The molecule has 1 radical (unpaired) electrons. The van der Waals surface area contributed by atoms with Crippen molar-refractivity contribution in [3.63, 3.8) is 0 Å². The summed E-state index contributed by atoms with van der Waals surface area (Å²) in [5.41, 5.74) is 0. The summed E-state index contributed by atoms with van der Waals surface area (Å²) in [5.74, 6) is 0. The molecule has 21 valence electrons. The van der Waals surface area contributed by atoms with Crippen LogP contribution in [0.25, 0.3) is 0 Å². The molecule has 0 spiro atoms. The molecule has 1 unspecified atom stereocenters. The molecule has 0 aromatic carbocycles. The van der Waals surface area contributed by atoms with E-state index in [-0.39, 0.29) is 0 Å². The van der Waals surface area contributed by atoms with Crippen LogP contribution < -0.4 is 0 Å². The summed E-state index contributed by atoms with van der Waals surface area (Å²) in [6.45, 7) is 2.33. The lowest BCUT2D eigenvalue weighted by molar-refractivity contribution is 1.46. The van der Waals surface area contributed by atoms with Gasteiger partial charge < -0.3 is 0 Å². The number of hydrogen-bond acceptors (Lipinski definition) is 0. The van der Waals surface area contributed by atoms with Crippen LogP contribution in [0.2, 0.25) is 6.32 Å². The van der Waals surface area contributed by atoms with E-state index in [1.165, 1.54) is 20.9 Å². The molecule has 1 atom stereocenters. The van der Waals surface area contributed by atoms with Crippen LogP contribution in [0.1, 0.15) is 0 Å². The van der Waals surface area contributed by atoms with E-state index in [1.54, 1.807) is 0 Å². The van der Waals surface area contributed by atoms with Crippen molar-refractivity contribution < 1.29 is 0 Å². The largest absolute Gasteiger partial charge is 0.164 e. The Bertz CT molecular complexity index is 14.0. The van der Waals surface area contributed by atoms with Crippen molar-refractivity contribution in [2.24, 2.45) is 0 Å². The molecule has 0 aliphatic carbocycles. The van der Waals surface area contributed by atoms with Gasteiger partial charge in [-0.25, -0.2) is 0 Å². The molecule has 0 amide bonds.